The molecule has 3 rings (SSSR count). The Kier molecular flexibility index (Phi) is 2.63. The normalized spacial score (nSPS) is 31.9. The number of fused-ring (bicyclic) bond motifs is 2. The molecule has 1 aliphatic carbocycles. The molecule has 2 aliphatic rings. The van der Waals surface area contributed by atoms with Crippen molar-refractivity contribution < 1.29 is 9.90 Å². The predicted octanol–water partition coefficient (Wildman–Crippen LogP) is 1.76. The van der Waals surface area contributed by atoms with Crippen LogP contribution in [0.2, 0.25) is 0 Å². The Morgan fingerprint density at radius 2 is 2.00 bits per heavy atom. The van der Waals surface area contributed by atoms with Crippen molar-refractivity contribution in [2.24, 2.45) is 11.8 Å². The zero-order valence-electron chi connectivity index (χ0n) is 9.75. The molecule has 90 valence electrons. The molecule has 2 fully saturated rings. The molecule has 3 nitrogen and oxygen atoms in total. The van der Waals surface area contributed by atoms with E-state index in [1.807, 2.05) is 30.3 Å². The standard InChI is InChI=1S/C14H17NO2/c16-13-11-6-7-12(8-11)14(17)15(13)9-10-4-2-1-3-5-10/h1-5,11-13,16H,6-9H2. The smallest absolute Gasteiger partial charge is 0.228 e. The van der Waals surface area contributed by atoms with Crippen molar-refractivity contribution in [3.63, 3.8) is 0 Å². The number of likely N-dealkylation sites (tertiary alicyclic amines) is 1. The van der Waals surface area contributed by atoms with Crippen LogP contribution >= 0.6 is 0 Å². The summed E-state index contributed by atoms with van der Waals surface area (Å²) in [6, 6.07) is 9.88. The molecule has 1 aromatic carbocycles. The summed E-state index contributed by atoms with van der Waals surface area (Å²) in [5.41, 5.74) is 1.08. The molecule has 0 aromatic heterocycles. The highest BCUT2D eigenvalue weighted by Gasteiger charge is 2.44. The first-order chi connectivity index (χ1) is 8.25. The van der Waals surface area contributed by atoms with Crippen molar-refractivity contribution in [3.05, 3.63) is 35.9 Å². The second-order valence-electron chi connectivity index (χ2n) is 5.14. The fraction of sp³-hybridized carbons (Fsp3) is 0.500. The first-order valence-electron chi connectivity index (χ1n) is 6.28. The van der Waals surface area contributed by atoms with Gasteiger partial charge >= 0.3 is 0 Å². The SMILES string of the molecule is O=C1C2CCC(C2)C(O)N1Cc1ccccc1. The highest BCUT2D eigenvalue weighted by atomic mass is 16.3. The van der Waals surface area contributed by atoms with Gasteiger partial charge in [0.2, 0.25) is 5.91 Å². The summed E-state index contributed by atoms with van der Waals surface area (Å²) in [6.45, 7) is 0.536. The topological polar surface area (TPSA) is 40.5 Å². The minimum Gasteiger partial charge on any atom is -0.373 e. The van der Waals surface area contributed by atoms with Gasteiger partial charge in [-0.3, -0.25) is 4.79 Å². The third-order valence-corrected chi connectivity index (χ3v) is 4.04. The minimum atomic E-state index is -0.582. The average molecular weight is 231 g/mol. The van der Waals surface area contributed by atoms with Crippen molar-refractivity contribution in [2.75, 3.05) is 0 Å². The van der Waals surface area contributed by atoms with Gasteiger partial charge in [0.05, 0.1) is 0 Å². The molecule has 1 saturated heterocycles. The van der Waals surface area contributed by atoms with E-state index in [9.17, 15) is 9.90 Å². The maximum absolute atomic E-state index is 12.2. The lowest BCUT2D eigenvalue weighted by molar-refractivity contribution is -0.156. The number of aliphatic hydroxyl groups is 1. The molecule has 1 aliphatic heterocycles. The number of carbonyl (C=O) groups is 1. The van der Waals surface area contributed by atoms with Gasteiger partial charge in [-0.2, -0.15) is 0 Å². The number of hydrogen-bond acceptors (Lipinski definition) is 2. The third-order valence-electron chi connectivity index (χ3n) is 4.04. The van der Waals surface area contributed by atoms with Crippen molar-refractivity contribution >= 4 is 5.91 Å². The summed E-state index contributed by atoms with van der Waals surface area (Å²) in [6.07, 6.45) is 2.24. The summed E-state index contributed by atoms with van der Waals surface area (Å²) < 4.78 is 0. The quantitative estimate of drug-likeness (QED) is 0.842. The van der Waals surface area contributed by atoms with Crippen LogP contribution in [-0.4, -0.2) is 22.1 Å². The average Bonchev–Trinajstić information content (AvgIpc) is 2.81. The maximum Gasteiger partial charge on any atom is 0.228 e. The fourth-order valence-electron chi connectivity index (χ4n) is 3.08. The molecule has 0 radical (unpaired) electrons. The van der Waals surface area contributed by atoms with Gasteiger partial charge in [0.1, 0.15) is 6.23 Å². The second-order valence-corrected chi connectivity index (χ2v) is 5.14. The molecule has 1 saturated carbocycles. The number of benzene rings is 1. The van der Waals surface area contributed by atoms with Gasteiger partial charge in [-0.1, -0.05) is 30.3 Å². The Morgan fingerprint density at radius 3 is 2.76 bits per heavy atom. The Labute approximate surface area is 101 Å². The molecule has 2 bridgehead atoms. The summed E-state index contributed by atoms with van der Waals surface area (Å²) in [4.78, 5) is 13.8. The second kappa shape index (κ2) is 4.15. The first-order valence-corrected chi connectivity index (χ1v) is 6.28. The van der Waals surface area contributed by atoms with Crippen LogP contribution in [0.15, 0.2) is 30.3 Å². The lowest BCUT2D eigenvalue weighted by Crippen LogP contribution is -2.48. The van der Waals surface area contributed by atoms with E-state index in [1.54, 1.807) is 4.90 Å². The highest BCUT2D eigenvalue weighted by molar-refractivity contribution is 5.80. The fourth-order valence-corrected chi connectivity index (χ4v) is 3.08. The number of nitrogens with zero attached hydrogens (tertiary/aromatic N) is 1. The molecule has 0 spiro atoms. The van der Waals surface area contributed by atoms with Crippen LogP contribution in [0.3, 0.4) is 0 Å². The monoisotopic (exact) mass is 231 g/mol. The van der Waals surface area contributed by atoms with Crippen LogP contribution in [0.1, 0.15) is 24.8 Å². The summed E-state index contributed by atoms with van der Waals surface area (Å²) >= 11 is 0. The van der Waals surface area contributed by atoms with E-state index in [1.165, 1.54) is 0 Å². The Bertz CT molecular complexity index is 417. The molecule has 1 N–H and O–H groups in total. The van der Waals surface area contributed by atoms with E-state index >= 15 is 0 Å². The molecule has 17 heavy (non-hydrogen) atoms. The van der Waals surface area contributed by atoms with Gasteiger partial charge in [-0.25, -0.2) is 0 Å². The van der Waals surface area contributed by atoms with E-state index < -0.39 is 6.23 Å². The molecular weight excluding hydrogens is 214 g/mol. The number of carbonyl (C=O) groups excluding carboxylic acids is 1. The van der Waals surface area contributed by atoms with Crippen molar-refractivity contribution in [3.8, 4) is 0 Å². The Hall–Kier alpha value is -1.35. The number of piperidine rings is 1. The number of rotatable bonds is 2. The number of amides is 1. The van der Waals surface area contributed by atoms with Crippen LogP contribution in [0, 0.1) is 11.8 Å². The lowest BCUT2D eigenvalue weighted by atomic mass is 9.95. The molecule has 3 unspecified atom stereocenters. The predicted molar refractivity (Wildman–Crippen MR) is 63.8 cm³/mol. The molecule has 3 atom stereocenters. The molecule has 3 heteroatoms. The molecule has 1 aromatic rings. The van der Waals surface area contributed by atoms with Crippen LogP contribution in [0.4, 0.5) is 0 Å². The lowest BCUT2D eigenvalue weighted by Gasteiger charge is -2.36. The van der Waals surface area contributed by atoms with Crippen LogP contribution in [0.5, 0.6) is 0 Å². The first kappa shape index (κ1) is 10.8. The number of hydrogen-bond donors (Lipinski definition) is 1. The Balaban J connectivity index is 1.80. The van der Waals surface area contributed by atoms with Gasteiger partial charge in [0.15, 0.2) is 0 Å². The summed E-state index contributed by atoms with van der Waals surface area (Å²) in [7, 11) is 0. The van der Waals surface area contributed by atoms with Gasteiger partial charge in [0, 0.05) is 18.4 Å². The maximum atomic E-state index is 12.2. The van der Waals surface area contributed by atoms with Gasteiger partial charge in [-0.05, 0) is 24.8 Å². The minimum absolute atomic E-state index is 0.134. The van der Waals surface area contributed by atoms with Crippen LogP contribution < -0.4 is 0 Å². The molecule has 1 amide bonds. The van der Waals surface area contributed by atoms with E-state index in [0.717, 1.165) is 24.8 Å². The highest BCUT2D eigenvalue weighted by Crippen LogP contribution is 2.40. The van der Waals surface area contributed by atoms with E-state index in [-0.39, 0.29) is 11.8 Å². The van der Waals surface area contributed by atoms with Crippen LogP contribution in [0.25, 0.3) is 0 Å². The van der Waals surface area contributed by atoms with Gasteiger partial charge < -0.3 is 10.0 Å². The van der Waals surface area contributed by atoms with Crippen LogP contribution in [-0.2, 0) is 11.3 Å². The van der Waals surface area contributed by atoms with E-state index in [4.69, 9.17) is 0 Å². The Morgan fingerprint density at radius 1 is 1.24 bits per heavy atom. The van der Waals surface area contributed by atoms with Crippen molar-refractivity contribution in [2.45, 2.75) is 32.0 Å². The zero-order valence-corrected chi connectivity index (χ0v) is 9.75. The zero-order chi connectivity index (χ0) is 11.8. The summed E-state index contributed by atoms with van der Waals surface area (Å²) in [5, 5.41) is 10.2. The van der Waals surface area contributed by atoms with Gasteiger partial charge in [0.25, 0.3) is 0 Å². The summed E-state index contributed by atoms with van der Waals surface area (Å²) in [5.74, 6) is 0.587. The number of aliphatic hydroxyl groups excluding tert-OH is 1. The third kappa shape index (κ3) is 1.84. The van der Waals surface area contributed by atoms with E-state index in [0.29, 0.717) is 12.5 Å². The van der Waals surface area contributed by atoms with Crippen molar-refractivity contribution in [1.29, 1.82) is 0 Å². The largest absolute Gasteiger partial charge is 0.373 e. The molecule has 1 heterocycles. The van der Waals surface area contributed by atoms with E-state index in [2.05, 4.69) is 0 Å². The van der Waals surface area contributed by atoms with Gasteiger partial charge in [-0.15, -0.1) is 0 Å². The van der Waals surface area contributed by atoms with Crippen molar-refractivity contribution in [1.82, 2.24) is 4.90 Å². The molecular formula is C14H17NO2.